The molecule has 1 unspecified atom stereocenters. The number of carbonyl (C=O) groups excluding carboxylic acids is 1. The first-order chi connectivity index (χ1) is 13.3. The highest BCUT2D eigenvalue weighted by atomic mass is 16.5. The Kier molecular flexibility index (Phi) is 5.85. The van der Waals surface area contributed by atoms with Crippen LogP contribution in [-0.2, 0) is 17.6 Å². The van der Waals surface area contributed by atoms with E-state index in [0.717, 1.165) is 56.8 Å². The first kappa shape index (κ1) is 18.2. The lowest BCUT2D eigenvalue weighted by molar-refractivity contribution is 0.0332. The number of benzene rings is 2. The lowest BCUT2D eigenvalue weighted by atomic mass is 9.90. The van der Waals surface area contributed by atoms with Crippen LogP contribution in [0.15, 0.2) is 48.5 Å². The molecule has 142 valence electrons. The van der Waals surface area contributed by atoms with E-state index in [1.807, 2.05) is 24.3 Å². The number of aryl methyl sites for hydroxylation is 2. The Bertz CT molecular complexity index is 769. The van der Waals surface area contributed by atoms with Crippen LogP contribution < -0.4 is 5.32 Å². The molecule has 0 radical (unpaired) electrons. The van der Waals surface area contributed by atoms with E-state index >= 15 is 0 Å². The molecule has 2 aliphatic rings. The summed E-state index contributed by atoms with van der Waals surface area (Å²) in [6, 6.07) is 16.5. The van der Waals surface area contributed by atoms with Gasteiger partial charge >= 0.3 is 0 Å². The molecule has 2 aromatic carbocycles. The highest BCUT2D eigenvalue weighted by molar-refractivity contribution is 5.94. The predicted octanol–water partition coefficient (Wildman–Crippen LogP) is 3.37. The van der Waals surface area contributed by atoms with Crippen molar-refractivity contribution in [2.75, 3.05) is 32.8 Å². The van der Waals surface area contributed by atoms with Crippen LogP contribution in [0.4, 0.5) is 0 Å². The maximum atomic E-state index is 13.0. The van der Waals surface area contributed by atoms with E-state index in [4.69, 9.17) is 4.74 Å². The van der Waals surface area contributed by atoms with Gasteiger partial charge in [-0.15, -0.1) is 0 Å². The molecule has 4 heteroatoms. The minimum absolute atomic E-state index is 0.0190. The topological polar surface area (TPSA) is 41.6 Å². The van der Waals surface area contributed by atoms with Gasteiger partial charge in [-0.3, -0.25) is 9.69 Å². The fraction of sp³-hybridized carbons (Fsp3) is 0.435. The van der Waals surface area contributed by atoms with Crippen LogP contribution >= 0.6 is 0 Å². The average molecular weight is 364 g/mol. The summed E-state index contributed by atoms with van der Waals surface area (Å²) in [5.74, 6) is 0.0190. The third-order valence-electron chi connectivity index (χ3n) is 5.66. The Morgan fingerprint density at radius 1 is 1.00 bits per heavy atom. The monoisotopic (exact) mass is 364 g/mol. The molecule has 27 heavy (non-hydrogen) atoms. The first-order valence-corrected chi connectivity index (χ1v) is 10.1. The number of nitrogens with zero attached hydrogens (tertiary/aromatic N) is 1. The van der Waals surface area contributed by atoms with Crippen LogP contribution in [0.1, 0.15) is 45.9 Å². The molecule has 4 rings (SSSR count). The van der Waals surface area contributed by atoms with E-state index in [1.54, 1.807) is 0 Å². The largest absolute Gasteiger partial charge is 0.379 e. The van der Waals surface area contributed by atoms with Crippen molar-refractivity contribution in [3.8, 4) is 0 Å². The molecular formula is C23H28N2O2. The average Bonchev–Trinajstić information content (AvgIpc) is 2.74. The van der Waals surface area contributed by atoms with Gasteiger partial charge in [-0.1, -0.05) is 36.4 Å². The Hall–Kier alpha value is -2.17. The van der Waals surface area contributed by atoms with E-state index in [0.29, 0.717) is 0 Å². The molecule has 1 atom stereocenters. The molecular weight excluding hydrogens is 336 g/mol. The third-order valence-corrected chi connectivity index (χ3v) is 5.66. The Labute approximate surface area is 161 Å². The minimum Gasteiger partial charge on any atom is -0.379 e. The van der Waals surface area contributed by atoms with E-state index in [1.165, 1.54) is 24.0 Å². The summed E-state index contributed by atoms with van der Waals surface area (Å²) in [5.41, 5.74) is 4.68. The molecule has 0 aromatic heterocycles. The van der Waals surface area contributed by atoms with Gasteiger partial charge in [0.05, 0.1) is 19.3 Å². The van der Waals surface area contributed by atoms with Gasteiger partial charge in [0.1, 0.15) is 0 Å². The van der Waals surface area contributed by atoms with Crippen molar-refractivity contribution in [2.24, 2.45) is 0 Å². The van der Waals surface area contributed by atoms with Gasteiger partial charge in [0.2, 0.25) is 0 Å². The molecule has 0 saturated carbocycles. The molecule has 1 heterocycles. The van der Waals surface area contributed by atoms with Gasteiger partial charge in [-0.05, 0) is 54.5 Å². The predicted molar refractivity (Wildman–Crippen MR) is 107 cm³/mol. The SMILES string of the molecule is O=C(NC(CN1CCOCC1)c1ccccc1)c1ccc2c(c1)CCCC2. The highest BCUT2D eigenvalue weighted by Gasteiger charge is 2.21. The van der Waals surface area contributed by atoms with Crippen LogP contribution in [0.5, 0.6) is 0 Å². The number of hydrogen-bond acceptors (Lipinski definition) is 3. The van der Waals surface area contributed by atoms with E-state index in [-0.39, 0.29) is 11.9 Å². The second kappa shape index (κ2) is 8.68. The molecule has 1 aliphatic heterocycles. The molecule has 0 bridgehead atoms. The number of hydrogen-bond donors (Lipinski definition) is 1. The van der Waals surface area contributed by atoms with E-state index < -0.39 is 0 Å². The summed E-state index contributed by atoms with van der Waals surface area (Å²) < 4.78 is 5.46. The number of amides is 1. The summed E-state index contributed by atoms with van der Waals surface area (Å²) >= 11 is 0. The zero-order valence-corrected chi connectivity index (χ0v) is 15.8. The molecule has 4 nitrogen and oxygen atoms in total. The fourth-order valence-electron chi connectivity index (χ4n) is 4.08. The number of fused-ring (bicyclic) bond motifs is 1. The number of rotatable bonds is 5. The molecule has 1 amide bonds. The third kappa shape index (κ3) is 4.57. The lowest BCUT2D eigenvalue weighted by Crippen LogP contribution is -2.43. The van der Waals surface area contributed by atoms with Crippen molar-refractivity contribution in [1.29, 1.82) is 0 Å². The van der Waals surface area contributed by atoms with Crippen LogP contribution in [-0.4, -0.2) is 43.7 Å². The zero-order valence-electron chi connectivity index (χ0n) is 15.8. The highest BCUT2D eigenvalue weighted by Crippen LogP contribution is 2.23. The second-order valence-corrected chi connectivity index (χ2v) is 7.54. The summed E-state index contributed by atoms with van der Waals surface area (Å²) in [5, 5.41) is 3.28. The molecule has 1 aliphatic carbocycles. The van der Waals surface area contributed by atoms with Crippen molar-refractivity contribution in [3.05, 3.63) is 70.8 Å². The number of ether oxygens (including phenoxy) is 1. The maximum Gasteiger partial charge on any atom is 0.251 e. The quantitative estimate of drug-likeness (QED) is 0.884. The van der Waals surface area contributed by atoms with Crippen molar-refractivity contribution in [2.45, 2.75) is 31.7 Å². The maximum absolute atomic E-state index is 13.0. The fourth-order valence-corrected chi connectivity index (χ4v) is 4.08. The summed E-state index contributed by atoms with van der Waals surface area (Å²) in [6.07, 6.45) is 4.71. The van der Waals surface area contributed by atoms with Gasteiger partial charge in [0.15, 0.2) is 0 Å². The van der Waals surface area contributed by atoms with Gasteiger partial charge in [0.25, 0.3) is 5.91 Å². The van der Waals surface area contributed by atoms with Crippen molar-refractivity contribution >= 4 is 5.91 Å². The zero-order chi connectivity index (χ0) is 18.5. The van der Waals surface area contributed by atoms with E-state index in [9.17, 15) is 4.79 Å². The molecule has 1 fully saturated rings. The molecule has 2 aromatic rings. The number of carbonyl (C=O) groups is 1. The molecule has 0 spiro atoms. The minimum atomic E-state index is -0.0205. The van der Waals surface area contributed by atoms with Crippen LogP contribution in [0.2, 0.25) is 0 Å². The second-order valence-electron chi connectivity index (χ2n) is 7.54. The molecule has 1 saturated heterocycles. The van der Waals surface area contributed by atoms with Crippen LogP contribution in [0, 0.1) is 0 Å². The normalized spacial score (nSPS) is 18.5. The number of nitrogens with one attached hydrogen (secondary N) is 1. The standard InChI is InChI=1S/C23H28N2O2/c26-23(21-11-10-18-6-4-5-9-20(18)16-21)24-22(19-7-2-1-3-8-19)17-25-12-14-27-15-13-25/h1-3,7-8,10-11,16,22H,4-6,9,12-15,17H2,(H,24,26). The summed E-state index contributed by atoms with van der Waals surface area (Å²) in [6.45, 7) is 4.17. The lowest BCUT2D eigenvalue weighted by Gasteiger charge is -2.31. The van der Waals surface area contributed by atoms with Gasteiger partial charge in [-0.25, -0.2) is 0 Å². The first-order valence-electron chi connectivity index (χ1n) is 10.1. The van der Waals surface area contributed by atoms with Crippen LogP contribution in [0.25, 0.3) is 0 Å². The van der Waals surface area contributed by atoms with Gasteiger partial charge < -0.3 is 10.1 Å². The Morgan fingerprint density at radius 3 is 2.52 bits per heavy atom. The summed E-state index contributed by atoms with van der Waals surface area (Å²) in [4.78, 5) is 15.4. The van der Waals surface area contributed by atoms with Crippen LogP contribution in [0.3, 0.4) is 0 Å². The molecule has 1 N–H and O–H groups in total. The van der Waals surface area contributed by atoms with Gasteiger partial charge in [0, 0.05) is 25.2 Å². The van der Waals surface area contributed by atoms with Crippen molar-refractivity contribution in [3.63, 3.8) is 0 Å². The Morgan fingerprint density at radius 2 is 1.74 bits per heavy atom. The van der Waals surface area contributed by atoms with Crippen molar-refractivity contribution in [1.82, 2.24) is 10.2 Å². The summed E-state index contributed by atoms with van der Waals surface area (Å²) in [7, 11) is 0. The van der Waals surface area contributed by atoms with E-state index in [2.05, 4.69) is 34.5 Å². The smallest absolute Gasteiger partial charge is 0.251 e. The number of morpholine rings is 1. The van der Waals surface area contributed by atoms with Gasteiger partial charge in [-0.2, -0.15) is 0 Å². The Balaban J connectivity index is 1.50. The van der Waals surface area contributed by atoms with Crippen molar-refractivity contribution < 1.29 is 9.53 Å².